The van der Waals surface area contributed by atoms with Gasteiger partial charge in [0.1, 0.15) is 0 Å². The van der Waals surface area contributed by atoms with E-state index in [1.165, 1.54) is 6.92 Å². The van der Waals surface area contributed by atoms with Crippen molar-refractivity contribution in [1.29, 1.82) is 0 Å². The van der Waals surface area contributed by atoms with Gasteiger partial charge in [0.15, 0.2) is 5.78 Å². The molecular weight excluding hydrogens is 256 g/mol. The number of nitrogens with zero attached hydrogens (tertiary/aromatic N) is 1. The minimum Gasteiger partial charge on any atom is -0.379 e. The van der Waals surface area contributed by atoms with Gasteiger partial charge in [-0.3, -0.25) is 14.5 Å². The molecule has 1 aliphatic heterocycles. The molecule has 1 heterocycles. The van der Waals surface area contributed by atoms with Gasteiger partial charge in [0.2, 0.25) is 5.91 Å². The molecule has 0 bridgehead atoms. The molecule has 1 saturated heterocycles. The van der Waals surface area contributed by atoms with Crippen molar-refractivity contribution in [1.82, 2.24) is 4.90 Å². The number of carbonyl (C=O) groups excluding carboxylic acids is 2. The van der Waals surface area contributed by atoms with E-state index in [0.717, 1.165) is 13.1 Å². The Kier molecular flexibility index (Phi) is 4.87. The van der Waals surface area contributed by atoms with Gasteiger partial charge in [-0.1, -0.05) is 0 Å². The zero-order valence-electron chi connectivity index (χ0n) is 11.9. The van der Waals surface area contributed by atoms with Crippen LogP contribution in [0.4, 0.5) is 5.69 Å². The van der Waals surface area contributed by atoms with Crippen molar-refractivity contribution in [2.75, 3.05) is 31.6 Å². The largest absolute Gasteiger partial charge is 0.379 e. The van der Waals surface area contributed by atoms with Crippen LogP contribution in [0.25, 0.3) is 0 Å². The van der Waals surface area contributed by atoms with Gasteiger partial charge in [-0.2, -0.15) is 0 Å². The molecule has 1 aliphatic rings. The topological polar surface area (TPSA) is 58.6 Å². The summed E-state index contributed by atoms with van der Waals surface area (Å²) in [4.78, 5) is 25.5. The Morgan fingerprint density at radius 2 is 1.80 bits per heavy atom. The molecule has 20 heavy (non-hydrogen) atoms. The van der Waals surface area contributed by atoms with E-state index < -0.39 is 0 Å². The summed E-state index contributed by atoms with van der Waals surface area (Å²) in [7, 11) is 0. The Morgan fingerprint density at radius 3 is 2.35 bits per heavy atom. The normalized spacial score (nSPS) is 17.5. The molecule has 1 aromatic carbocycles. The van der Waals surface area contributed by atoms with Crippen molar-refractivity contribution in [2.24, 2.45) is 0 Å². The summed E-state index contributed by atoms with van der Waals surface area (Å²) >= 11 is 0. The van der Waals surface area contributed by atoms with Gasteiger partial charge in [-0.25, -0.2) is 0 Å². The van der Waals surface area contributed by atoms with Crippen LogP contribution in [-0.4, -0.2) is 48.9 Å². The fraction of sp³-hybridized carbons (Fsp3) is 0.467. The lowest BCUT2D eigenvalue weighted by Crippen LogP contribution is -2.47. The van der Waals surface area contributed by atoms with Gasteiger partial charge in [0, 0.05) is 24.3 Å². The van der Waals surface area contributed by atoms with Gasteiger partial charge < -0.3 is 10.1 Å². The molecule has 0 radical (unpaired) electrons. The van der Waals surface area contributed by atoms with Crippen molar-refractivity contribution in [3.63, 3.8) is 0 Å². The second-order valence-corrected chi connectivity index (χ2v) is 4.95. The van der Waals surface area contributed by atoms with Crippen molar-refractivity contribution < 1.29 is 14.3 Å². The Morgan fingerprint density at radius 1 is 1.20 bits per heavy atom. The number of anilines is 1. The number of morpholine rings is 1. The smallest absolute Gasteiger partial charge is 0.241 e. The van der Waals surface area contributed by atoms with E-state index in [4.69, 9.17) is 4.74 Å². The Hall–Kier alpha value is -1.72. The van der Waals surface area contributed by atoms with Crippen LogP contribution >= 0.6 is 0 Å². The van der Waals surface area contributed by atoms with Crippen LogP contribution in [0, 0.1) is 0 Å². The lowest BCUT2D eigenvalue weighted by molar-refractivity contribution is -0.122. The molecule has 1 amide bonds. The van der Waals surface area contributed by atoms with Crippen LogP contribution in [0.1, 0.15) is 24.2 Å². The lowest BCUT2D eigenvalue weighted by Gasteiger charge is -2.31. The first-order valence-electron chi connectivity index (χ1n) is 6.81. The average molecular weight is 276 g/mol. The number of benzene rings is 1. The maximum atomic E-state index is 12.2. The number of nitrogens with one attached hydrogen (secondary N) is 1. The van der Waals surface area contributed by atoms with Crippen molar-refractivity contribution in [2.45, 2.75) is 19.9 Å². The molecule has 0 aliphatic carbocycles. The van der Waals surface area contributed by atoms with Crippen molar-refractivity contribution >= 4 is 17.4 Å². The first-order valence-corrected chi connectivity index (χ1v) is 6.81. The molecule has 0 saturated carbocycles. The first kappa shape index (κ1) is 14.7. The van der Waals surface area contributed by atoms with Gasteiger partial charge in [0.25, 0.3) is 0 Å². The minimum atomic E-state index is -0.189. The SMILES string of the molecule is CC(=O)c1ccc(NC(=O)C(C)N2CCOCC2)cc1. The van der Waals surface area contributed by atoms with Gasteiger partial charge >= 0.3 is 0 Å². The second-order valence-electron chi connectivity index (χ2n) is 4.95. The molecule has 5 nitrogen and oxygen atoms in total. The quantitative estimate of drug-likeness (QED) is 0.848. The average Bonchev–Trinajstić information content (AvgIpc) is 2.48. The molecule has 108 valence electrons. The van der Waals surface area contributed by atoms with E-state index >= 15 is 0 Å². The van der Waals surface area contributed by atoms with Gasteiger partial charge in [-0.05, 0) is 38.1 Å². The predicted octanol–water partition coefficient (Wildman–Crippen LogP) is 1.55. The van der Waals surface area contributed by atoms with E-state index in [0.29, 0.717) is 24.5 Å². The van der Waals surface area contributed by atoms with E-state index in [2.05, 4.69) is 10.2 Å². The minimum absolute atomic E-state index is 0.0181. The molecule has 1 aromatic rings. The molecule has 1 N–H and O–H groups in total. The Labute approximate surface area is 118 Å². The summed E-state index contributed by atoms with van der Waals surface area (Å²) in [5.74, 6) is -0.0213. The van der Waals surface area contributed by atoms with Gasteiger partial charge in [0.05, 0.1) is 19.3 Å². The zero-order chi connectivity index (χ0) is 14.5. The van der Waals surface area contributed by atoms with Gasteiger partial charge in [-0.15, -0.1) is 0 Å². The van der Waals surface area contributed by atoms with E-state index in [1.54, 1.807) is 24.3 Å². The first-order chi connectivity index (χ1) is 9.58. The molecule has 5 heteroatoms. The van der Waals surface area contributed by atoms with E-state index in [1.807, 2.05) is 6.92 Å². The Balaban J connectivity index is 1.94. The number of rotatable bonds is 4. The maximum absolute atomic E-state index is 12.2. The van der Waals surface area contributed by atoms with Crippen molar-refractivity contribution in [3.05, 3.63) is 29.8 Å². The molecule has 0 spiro atoms. The third-order valence-electron chi connectivity index (χ3n) is 3.53. The van der Waals surface area contributed by atoms with Crippen LogP contribution in [0.3, 0.4) is 0 Å². The van der Waals surface area contributed by atoms with Crippen LogP contribution in [-0.2, 0) is 9.53 Å². The third kappa shape index (κ3) is 3.65. The summed E-state index contributed by atoms with van der Waals surface area (Å²) in [5.41, 5.74) is 1.35. The molecular formula is C15H20N2O3. The number of hydrogen-bond acceptors (Lipinski definition) is 4. The highest BCUT2D eigenvalue weighted by Gasteiger charge is 2.23. The highest BCUT2D eigenvalue weighted by molar-refractivity contribution is 5.96. The fourth-order valence-corrected chi connectivity index (χ4v) is 2.17. The van der Waals surface area contributed by atoms with Crippen LogP contribution in [0.2, 0.25) is 0 Å². The summed E-state index contributed by atoms with van der Waals surface area (Å²) in [6.07, 6.45) is 0. The summed E-state index contributed by atoms with van der Waals surface area (Å²) in [5, 5.41) is 2.87. The fourth-order valence-electron chi connectivity index (χ4n) is 2.17. The third-order valence-corrected chi connectivity index (χ3v) is 3.53. The van der Waals surface area contributed by atoms with E-state index in [9.17, 15) is 9.59 Å². The highest BCUT2D eigenvalue weighted by Crippen LogP contribution is 2.12. The zero-order valence-corrected chi connectivity index (χ0v) is 11.9. The van der Waals surface area contributed by atoms with E-state index in [-0.39, 0.29) is 17.7 Å². The van der Waals surface area contributed by atoms with Crippen molar-refractivity contribution in [3.8, 4) is 0 Å². The number of ketones is 1. The number of Topliss-reactive ketones (excluding diaryl/α,β-unsaturated/α-hetero) is 1. The molecule has 0 aromatic heterocycles. The number of amides is 1. The molecule has 1 atom stereocenters. The number of carbonyl (C=O) groups is 2. The van der Waals surface area contributed by atoms with Crippen LogP contribution in [0.5, 0.6) is 0 Å². The molecule has 1 fully saturated rings. The Bertz CT molecular complexity index is 478. The van der Waals surface area contributed by atoms with Crippen LogP contribution in [0.15, 0.2) is 24.3 Å². The maximum Gasteiger partial charge on any atom is 0.241 e. The molecule has 2 rings (SSSR count). The highest BCUT2D eigenvalue weighted by atomic mass is 16.5. The molecule has 1 unspecified atom stereocenters. The lowest BCUT2D eigenvalue weighted by atomic mass is 10.1. The summed E-state index contributed by atoms with van der Waals surface area (Å²) in [6, 6.07) is 6.75. The van der Waals surface area contributed by atoms with Crippen LogP contribution < -0.4 is 5.32 Å². The summed E-state index contributed by atoms with van der Waals surface area (Å²) < 4.78 is 5.28. The standard InChI is InChI=1S/C15H20N2O3/c1-11(17-7-9-20-10-8-17)15(19)16-14-5-3-13(4-6-14)12(2)18/h3-6,11H,7-10H2,1-2H3,(H,16,19). The monoisotopic (exact) mass is 276 g/mol. The number of hydrogen-bond donors (Lipinski definition) is 1. The predicted molar refractivity (Wildman–Crippen MR) is 76.9 cm³/mol. The second kappa shape index (κ2) is 6.63. The summed E-state index contributed by atoms with van der Waals surface area (Å²) in [6.45, 7) is 6.31. The number of ether oxygens (including phenoxy) is 1.